The van der Waals surface area contributed by atoms with Crippen molar-refractivity contribution in [3.8, 4) is 0 Å². The van der Waals surface area contributed by atoms with Gasteiger partial charge in [0.1, 0.15) is 0 Å². The molecule has 0 aliphatic heterocycles. The van der Waals surface area contributed by atoms with Crippen molar-refractivity contribution >= 4 is 11.3 Å². The molecule has 0 saturated heterocycles. The lowest BCUT2D eigenvalue weighted by Gasteiger charge is -2.18. The maximum absolute atomic E-state index is 6.15. The lowest BCUT2D eigenvalue weighted by molar-refractivity contribution is 0.395. The van der Waals surface area contributed by atoms with Gasteiger partial charge in [0, 0.05) is 10.9 Å². The number of hydrogen-bond donors (Lipinski definition) is 1. The van der Waals surface area contributed by atoms with Crippen molar-refractivity contribution in [2.75, 3.05) is 0 Å². The Morgan fingerprint density at radius 2 is 2.20 bits per heavy atom. The molecular formula is C13H23NS. The van der Waals surface area contributed by atoms with Gasteiger partial charge in [0.05, 0.1) is 0 Å². The third-order valence-electron chi connectivity index (χ3n) is 3.02. The first kappa shape index (κ1) is 12.7. The van der Waals surface area contributed by atoms with E-state index in [1.165, 1.54) is 37.0 Å². The first-order valence-electron chi connectivity index (χ1n) is 6.02. The molecule has 2 N–H and O–H groups in total. The highest BCUT2D eigenvalue weighted by Crippen LogP contribution is 2.16. The van der Waals surface area contributed by atoms with Gasteiger partial charge in [0.15, 0.2) is 0 Å². The zero-order valence-electron chi connectivity index (χ0n) is 9.91. The molecule has 1 rings (SSSR count). The highest BCUT2D eigenvalue weighted by atomic mass is 32.1. The Hall–Kier alpha value is -0.340. The van der Waals surface area contributed by atoms with Crippen molar-refractivity contribution < 1.29 is 0 Å². The average molecular weight is 225 g/mol. The number of rotatable bonds is 7. The van der Waals surface area contributed by atoms with Gasteiger partial charge in [-0.2, -0.15) is 0 Å². The molecule has 0 aliphatic carbocycles. The quantitative estimate of drug-likeness (QED) is 0.750. The van der Waals surface area contributed by atoms with Crippen molar-refractivity contribution in [2.45, 2.75) is 52.0 Å². The molecule has 2 atom stereocenters. The van der Waals surface area contributed by atoms with E-state index in [0.717, 1.165) is 0 Å². The average Bonchev–Trinajstić information content (AvgIpc) is 2.71. The van der Waals surface area contributed by atoms with E-state index in [4.69, 9.17) is 5.73 Å². The van der Waals surface area contributed by atoms with Crippen molar-refractivity contribution in [2.24, 2.45) is 11.7 Å². The summed E-state index contributed by atoms with van der Waals surface area (Å²) in [5, 5.41) is 2.15. The van der Waals surface area contributed by atoms with Crippen LogP contribution in [-0.4, -0.2) is 6.04 Å². The van der Waals surface area contributed by atoms with Gasteiger partial charge in [0.2, 0.25) is 0 Å². The SMILES string of the molecule is CCCC(C)C(N)CCCc1cccs1. The van der Waals surface area contributed by atoms with Crippen molar-refractivity contribution in [1.29, 1.82) is 0 Å². The molecule has 0 bridgehead atoms. The molecule has 86 valence electrons. The molecule has 0 radical (unpaired) electrons. The normalized spacial score (nSPS) is 15.1. The molecule has 2 unspecified atom stereocenters. The monoisotopic (exact) mass is 225 g/mol. The van der Waals surface area contributed by atoms with E-state index >= 15 is 0 Å². The highest BCUT2D eigenvalue weighted by Gasteiger charge is 2.11. The summed E-state index contributed by atoms with van der Waals surface area (Å²) in [6.07, 6.45) is 6.11. The molecule has 0 amide bonds. The fourth-order valence-electron chi connectivity index (χ4n) is 1.92. The molecule has 0 fully saturated rings. The Balaban J connectivity index is 2.14. The van der Waals surface area contributed by atoms with E-state index in [9.17, 15) is 0 Å². The molecule has 0 saturated carbocycles. The summed E-state index contributed by atoms with van der Waals surface area (Å²) in [6.45, 7) is 4.51. The molecular weight excluding hydrogens is 202 g/mol. The van der Waals surface area contributed by atoms with Gasteiger partial charge in [-0.3, -0.25) is 0 Å². The number of aryl methyl sites for hydroxylation is 1. The molecule has 2 heteroatoms. The minimum atomic E-state index is 0.393. The third-order valence-corrected chi connectivity index (χ3v) is 3.95. The van der Waals surface area contributed by atoms with Crippen LogP contribution < -0.4 is 5.73 Å². The summed E-state index contributed by atoms with van der Waals surface area (Å²) in [6, 6.07) is 4.73. The van der Waals surface area contributed by atoms with Crippen LogP contribution in [0.5, 0.6) is 0 Å². The van der Waals surface area contributed by atoms with Crippen LogP contribution in [-0.2, 0) is 6.42 Å². The van der Waals surface area contributed by atoms with E-state index in [0.29, 0.717) is 12.0 Å². The van der Waals surface area contributed by atoms with E-state index in [2.05, 4.69) is 31.4 Å². The summed E-state index contributed by atoms with van der Waals surface area (Å²) in [7, 11) is 0. The minimum absolute atomic E-state index is 0.393. The molecule has 0 aromatic carbocycles. The van der Waals surface area contributed by atoms with Gasteiger partial charge in [-0.25, -0.2) is 0 Å². The summed E-state index contributed by atoms with van der Waals surface area (Å²) >= 11 is 1.85. The minimum Gasteiger partial charge on any atom is -0.327 e. The van der Waals surface area contributed by atoms with E-state index in [1.807, 2.05) is 11.3 Å². The lowest BCUT2D eigenvalue weighted by atomic mass is 9.93. The van der Waals surface area contributed by atoms with Crippen molar-refractivity contribution in [1.82, 2.24) is 0 Å². The first-order valence-corrected chi connectivity index (χ1v) is 6.90. The zero-order valence-corrected chi connectivity index (χ0v) is 10.7. The van der Waals surface area contributed by atoms with Gasteiger partial charge in [-0.05, 0) is 43.0 Å². The van der Waals surface area contributed by atoms with Crippen LogP contribution in [0.3, 0.4) is 0 Å². The van der Waals surface area contributed by atoms with Crippen LogP contribution in [0.2, 0.25) is 0 Å². The van der Waals surface area contributed by atoms with Crippen molar-refractivity contribution in [3.05, 3.63) is 22.4 Å². The fraction of sp³-hybridized carbons (Fsp3) is 0.692. The molecule has 1 heterocycles. The topological polar surface area (TPSA) is 26.0 Å². The third kappa shape index (κ3) is 4.80. The van der Waals surface area contributed by atoms with E-state index < -0.39 is 0 Å². The van der Waals surface area contributed by atoms with Crippen LogP contribution in [0.4, 0.5) is 0 Å². The lowest BCUT2D eigenvalue weighted by Crippen LogP contribution is -2.28. The maximum atomic E-state index is 6.15. The second kappa shape index (κ2) is 7.02. The van der Waals surface area contributed by atoms with Crippen LogP contribution in [0.15, 0.2) is 17.5 Å². The molecule has 0 aliphatic rings. The van der Waals surface area contributed by atoms with E-state index in [1.54, 1.807) is 0 Å². The Morgan fingerprint density at radius 3 is 2.80 bits per heavy atom. The summed E-state index contributed by atoms with van der Waals surface area (Å²) in [5.74, 6) is 0.679. The predicted molar refractivity (Wildman–Crippen MR) is 69.3 cm³/mol. The van der Waals surface area contributed by atoms with Gasteiger partial charge >= 0.3 is 0 Å². The number of nitrogens with two attached hydrogens (primary N) is 1. The Labute approximate surface area is 97.7 Å². The van der Waals surface area contributed by atoms with Gasteiger partial charge in [-0.15, -0.1) is 11.3 Å². The molecule has 1 aromatic heterocycles. The second-order valence-corrected chi connectivity index (χ2v) is 5.43. The molecule has 1 aromatic rings. The summed E-state index contributed by atoms with van der Waals surface area (Å²) in [4.78, 5) is 1.49. The number of thiophene rings is 1. The zero-order chi connectivity index (χ0) is 11.1. The maximum Gasteiger partial charge on any atom is 0.00646 e. The van der Waals surface area contributed by atoms with Gasteiger partial charge in [0.25, 0.3) is 0 Å². The molecule has 0 spiro atoms. The highest BCUT2D eigenvalue weighted by molar-refractivity contribution is 7.09. The summed E-state index contributed by atoms with van der Waals surface area (Å²) in [5.41, 5.74) is 6.15. The Bertz CT molecular complexity index is 243. The standard InChI is InChI=1S/C13H23NS/c1-3-6-11(2)13(14)9-4-7-12-8-5-10-15-12/h5,8,10-11,13H,3-4,6-7,9,14H2,1-2H3. The predicted octanol–water partition coefficient (Wildman–Crippen LogP) is 3.83. The Morgan fingerprint density at radius 1 is 1.40 bits per heavy atom. The fourth-order valence-corrected chi connectivity index (χ4v) is 2.67. The Kier molecular flexibility index (Phi) is 5.96. The number of hydrogen-bond acceptors (Lipinski definition) is 2. The summed E-state index contributed by atoms with van der Waals surface area (Å²) < 4.78 is 0. The van der Waals surface area contributed by atoms with Crippen LogP contribution in [0.1, 0.15) is 44.4 Å². The van der Waals surface area contributed by atoms with Crippen molar-refractivity contribution in [3.63, 3.8) is 0 Å². The van der Waals surface area contributed by atoms with Crippen LogP contribution in [0.25, 0.3) is 0 Å². The van der Waals surface area contributed by atoms with Gasteiger partial charge in [-0.1, -0.05) is 26.3 Å². The van der Waals surface area contributed by atoms with Crippen LogP contribution in [0, 0.1) is 5.92 Å². The van der Waals surface area contributed by atoms with Gasteiger partial charge < -0.3 is 5.73 Å². The smallest absolute Gasteiger partial charge is 0.00646 e. The van der Waals surface area contributed by atoms with E-state index in [-0.39, 0.29) is 0 Å². The largest absolute Gasteiger partial charge is 0.327 e. The van der Waals surface area contributed by atoms with Crippen LogP contribution >= 0.6 is 11.3 Å². The molecule has 1 nitrogen and oxygen atoms in total. The molecule has 15 heavy (non-hydrogen) atoms. The first-order chi connectivity index (χ1) is 7.24. The second-order valence-electron chi connectivity index (χ2n) is 4.40.